The second kappa shape index (κ2) is 6.57. The SMILES string of the molecule is CCNC(CCCS(C)(=O)=O)C1CCOC1. The Morgan fingerprint density at radius 3 is 2.75 bits per heavy atom. The van der Waals surface area contributed by atoms with Gasteiger partial charge in [0, 0.05) is 24.7 Å². The summed E-state index contributed by atoms with van der Waals surface area (Å²) in [6.07, 6.45) is 4.06. The normalized spacial score (nSPS) is 23.5. The Morgan fingerprint density at radius 2 is 2.25 bits per heavy atom. The minimum Gasteiger partial charge on any atom is -0.381 e. The van der Waals surface area contributed by atoms with Gasteiger partial charge in [0.15, 0.2) is 0 Å². The quantitative estimate of drug-likeness (QED) is 0.726. The molecule has 1 aliphatic rings. The molecule has 96 valence electrons. The summed E-state index contributed by atoms with van der Waals surface area (Å²) < 4.78 is 27.5. The average Bonchev–Trinajstić information content (AvgIpc) is 2.67. The summed E-state index contributed by atoms with van der Waals surface area (Å²) in [6, 6.07) is 0.411. The fourth-order valence-corrected chi connectivity index (χ4v) is 2.89. The Morgan fingerprint density at radius 1 is 1.50 bits per heavy atom. The van der Waals surface area contributed by atoms with E-state index in [9.17, 15) is 8.42 Å². The first-order valence-electron chi connectivity index (χ1n) is 6.02. The largest absolute Gasteiger partial charge is 0.381 e. The topological polar surface area (TPSA) is 55.4 Å². The minimum atomic E-state index is -2.82. The fourth-order valence-electron chi connectivity index (χ4n) is 2.20. The monoisotopic (exact) mass is 249 g/mol. The molecule has 1 aliphatic heterocycles. The molecule has 1 N–H and O–H groups in total. The maximum Gasteiger partial charge on any atom is 0.147 e. The van der Waals surface area contributed by atoms with Crippen LogP contribution in [0.25, 0.3) is 0 Å². The van der Waals surface area contributed by atoms with Crippen molar-refractivity contribution < 1.29 is 13.2 Å². The Bertz CT molecular complexity index is 284. The third-order valence-electron chi connectivity index (χ3n) is 3.03. The molecule has 0 spiro atoms. The predicted molar refractivity (Wildman–Crippen MR) is 65.3 cm³/mol. The molecule has 0 aromatic rings. The highest BCUT2D eigenvalue weighted by Gasteiger charge is 2.24. The van der Waals surface area contributed by atoms with Gasteiger partial charge in [0.25, 0.3) is 0 Å². The van der Waals surface area contributed by atoms with Crippen molar-refractivity contribution in [2.45, 2.75) is 32.2 Å². The summed E-state index contributed by atoms with van der Waals surface area (Å²) in [5.41, 5.74) is 0. The van der Waals surface area contributed by atoms with Crippen LogP contribution >= 0.6 is 0 Å². The molecule has 16 heavy (non-hydrogen) atoms. The van der Waals surface area contributed by atoms with Crippen molar-refractivity contribution in [1.82, 2.24) is 5.32 Å². The minimum absolute atomic E-state index is 0.294. The van der Waals surface area contributed by atoms with Crippen LogP contribution in [0.15, 0.2) is 0 Å². The lowest BCUT2D eigenvalue weighted by Gasteiger charge is -2.23. The molecule has 0 radical (unpaired) electrons. The molecule has 0 aliphatic carbocycles. The van der Waals surface area contributed by atoms with Gasteiger partial charge in [-0.05, 0) is 31.7 Å². The average molecular weight is 249 g/mol. The van der Waals surface area contributed by atoms with E-state index in [1.165, 1.54) is 6.26 Å². The van der Waals surface area contributed by atoms with Crippen molar-refractivity contribution in [3.63, 3.8) is 0 Å². The van der Waals surface area contributed by atoms with Crippen LogP contribution in [0.2, 0.25) is 0 Å². The van der Waals surface area contributed by atoms with Gasteiger partial charge in [0.1, 0.15) is 9.84 Å². The molecule has 1 rings (SSSR count). The zero-order valence-electron chi connectivity index (χ0n) is 10.2. The number of nitrogens with one attached hydrogen (secondary N) is 1. The summed E-state index contributed by atoms with van der Waals surface area (Å²) in [4.78, 5) is 0. The number of rotatable bonds is 7. The second-order valence-electron chi connectivity index (χ2n) is 4.56. The van der Waals surface area contributed by atoms with Gasteiger partial charge in [-0.25, -0.2) is 8.42 Å². The van der Waals surface area contributed by atoms with Crippen molar-refractivity contribution in [3.8, 4) is 0 Å². The van der Waals surface area contributed by atoms with Crippen LogP contribution in [0.4, 0.5) is 0 Å². The highest BCUT2D eigenvalue weighted by Crippen LogP contribution is 2.20. The molecule has 1 fully saturated rings. The van der Waals surface area contributed by atoms with E-state index in [1.807, 2.05) is 0 Å². The van der Waals surface area contributed by atoms with E-state index in [0.717, 1.165) is 39.0 Å². The maximum absolute atomic E-state index is 11.0. The summed E-state index contributed by atoms with van der Waals surface area (Å²) >= 11 is 0. The van der Waals surface area contributed by atoms with Gasteiger partial charge >= 0.3 is 0 Å². The lowest BCUT2D eigenvalue weighted by atomic mass is 9.95. The molecule has 0 aromatic carbocycles. The van der Waals surface area contributed by atoms with Crippen molar-refractivity contribution in [2.24, 2.45) is 5.92 Å². The molecule has 4 nitrogen and oxygen atoms in total. The molecule has 0 bridgehead atoms. The van der Waals surface area contributed by atoms with Crippen molar-refractivity contribution in [1.29, 1.82) is 0 Å². The first-order valence-corrected chi connectivity index (χ1v) is 8.08. The van der Waals surface area contributed by atoms with E-state index in [-0.39, 0.29) is 0 Å². The molecule has 0 aromatic heterocycles. The first-order chi connectivity index (χ1) is 7.53. The lowest BCUT2D eigenvalue weighted by Crippen LogP contribution is -2.36. The van der Waals surface area contributed by atoms with E-state index in [4.69, 9.17) is 4.74 Å². The van der Waals surface area contributed by atoms with Crippen LogP contribution in [0.3, 0.4) is 0 Å². The van der Waals surface area contributed by atoms with Gasteiger partial charge in [-0.15, -0.1) is 0 Å². The molecular weight excluding hydrogens is 226 g/mol. The van der Waals surface area contributed by atoms with Crippen LogP contribution in [0.1, 0.15) is 26.2 Å². The smallest absolute Gasteiger partial charge is 0.147 e. The van der Waals surface area contributed by atoms with Crippen molar-refractivity contribution in [3.05, 3.63) is 0 Å². The van der Waals surface area contributed by atoms with Gasteiger partial charge in [-0.2, -0.15) is 0 Å². The fraction of sp³-hybridized carbons (Fsp3) is 1.00. The molecule has 1 saturated heterocycles. The molecular formula is C11H23NO3S. The van der Waals surface area contributed by atoms with Gasteiger partial charge in [0.05, 0.1) is 6.61 Å². The van der Waals surface area contributed by atoms with Crippen molar-refractivity contribution >= 4 is 9.84 Å². The molecule has 0 amide bonds. The highest BCUT2D eigenvalue weighted by atomic mass is 32.2. The summed E-state index contributed by atoms with van der Waals surface area (Å²) in [5.74, 6) is 0.849. The standard InChI is InChI=1S/C11H23NO3S/c1-3-12-11(10-6-7-15-9-10)5-4-8-16(2,13)14/h10-12H,3-9H2,1-2H3. The number of ether oxygens (including phenoxy) is 1. The van der Waals surface area contributed by atoms with Gasteiger partial charge in [0.2, 0.25) is 0 Å². The van der Waals surface area contributed by atoms with Gasteiger partial charge in [-0.1, -0.05) is 6.92 Å². The lowest BCUT2D eigenvalue weighted by molar-refractivity contribution is 0.175. The van der Waals surface area contributed by atoms with E-state index in [2.05, 4.69) is 12.2 Å². The van der Waals surface area contributed by atoms with Crippen LogP contribution in [-0.4, -0.2) is 46.2 Å². The molecule has 5 heteroatoms. The van der Waals surface area contributed by atoms with Crippen LogP contribution < -0.4 is 5.32 Å². The Hall–Kier alpha value is -0.130. The Labute approximate surface area is 98.7 Å². The molecule has 1 heterocycles. The maximum atomic E-state index is 11.0. The van der Waals surface area contributed by atoms with Crippen molar-refractivity contribution in [2.75, 3.05) is 31.8 Å². The third-order valence-corrected chi connectivity index (χ3v) is 4.06. The first kappa shape index (κ1) is 13.9. The Balaban J connectivity index is 2.32. The van der Waals surface area contributed by atoms with E-state index in [1.54, 1.807) is 0 Å². The Kier molecular flexibility index (Phi) is 5.72. The molecule has 2 unspecified atom stereocenters. The van der Waals surface area contributed by atoms with E-state index < -0.39 is 9.84 Å². The van der Waals surface area contributed by atoms with Gasteiger partial charge < -0.3 is 10.1 Å². The molecule has 0 saturated carbocycles. The third kappa shape index (κ3) is 5.27. The zero-order chi connectivity index (χ0) is 12.0. The molecule has 2 atom stereocenters. The van der Waals surface area contributed by atoms with Crippen LogP contribution in [-0.2, 0) is 14.6 Å². The predicted octanol–water partition coefficient (Wildman–Crippen LogP) is 0.826. The number of sulfone groups is 1. The van der Waals surface area contributed by atoms with Gasteiger partial charge in [-0.3, -0.25) is 0 Å². The summed E-state index contributed by atoms with van der Waals surface area (Å²) in [6.45, 7) is 4.68. The van der Waals surface area contributed by atoms with Crippen LogP contribution in [0, 0.1) is 5.92 Å². The summed E-state index contributed by atoms with van der Waals surface area (Å²) in [5, 5.41) is 3.44. The second-order valence-corrected chi connectivity index (χ2v) is 6.82. The zero-order valence-corrected chi connectivity index (χ0v) is 11.1. The number of hydrogen-bond donors (Lipinski definition) is 1. The summed E-state index contributed by atoms with van der Waals surface area (Å²) in [7, 11) is -2.82. The highest BCUT2D eigenvalue weighted by molar-refractivity contribution is 7.90. The van der Waals surface area contributed by atoms with E-state index >= 15 is 0 Å². The van der Waals surface area contributed by atoms with E-state index in [0.29, 0.717) is 17.7 Å². The number of hydrogen-bond acceptors (Lipinski definition) is 4. The van der Waals surface area contributed by atoms with Crippen LogP contribution in [0.5, 0.6) is 0 Å².